The molecule has 0 spiro atoms. The van der Waals surface area contributed by atoms with Crippen molar-refractivity contribution in [3.05, 3.63) is 29.8 Å². The van der Waals surface area contributed by atoms with Crippen molar-refractivity contribution in [1.29, 1.82) is 0 Å². The van der Waals surface area contributed by atoms with E-state index < -0.39 is 5.54 Å². The third-order valence-corrected chi connectivity index (χ3v) is 3.15. The third-order valence-electron chi connectivity index (χ3n) is 3.15. The third kappa shape index (κ3) is 4.23. The van der Waals surface area contributed by atoms with E-state index in [1.165, 1.54) is 0 Å². The molecule has 1 aromatic rings. The van der Waals surface area contributed by atoms with Crippen LogP contribution in [0.4, 0.5) is 0 Å². The summed E-state index contributed by atoms with van der Waals surface area (Å²) in [4.78, 5) is 11.9. The molecule has 4 nitrogen and oxygen atoms in total. The lowest BCUT2D eigenvalue weighted by Crippen LogP contribution is -2.42. The summed E-state index contributed by atoms with van der Waals surface area (Å²) in [6.07, 6.45) is 0.277. The second-order valence-corrected chi connectivity index (χ2v) is 4.77. The van der Waals surface area contributed by atoms with E-state index >= 15 is 0 Å². The van der Waals surface area contributed by atoms with E-state index in [1.807, 2.05) is 52.0 Å². The van der Waals surface area contributed by atoms with E-state index in [0.717, 1.165) is 17.9 Å². The fourth-order valence-electron chi connectivity index (χ4n) is 2.35. The van der Waals surface area contributed by atoms with Crippen LogP contribution in [0.3, 0.4) is 0 Å². The highest BCUT2D eigenvalue weighted by Crippen LogP contribution is 2.32. The standard InChI is InChI=1S/C16H25NO3/c1-5-17-16(4,12-15(18)20-7-3)13-10-8-9-11-14(13)19-6-2/h8-11,17H,5-7,12H2,1-4H3. The van der Waals surface area contributed by atoms with E-state index in [9.17, 15) is 4.79 Å². The van der Waals surface area contributed by atoms with Crippen LogP contribution < -0.4 is 10.1 Å². The lowest BCUT2D eigenvalue weighted by atomic mass is 9.87. The molecule has 20 heavy (non-hydrogen) atoms. The normalized spacial score (nSPS) is 13.6. The van der Waals surface area contributed by atoms with Crippen LogP contribution in [0.5, 0.6) is 5.75 Å². The first-order valence-electron chi connectivity index (χ1n) is 7.20. The number of hydrogen-bond donors (Lipinski definition) is 1. The van der Waals surface area contributed by atoms with Crippen LogP contribution in [0, 0.1) is 0 Å². The lowest BCUT2D eigenvalue weighted by Gasteiger charge is -2.31. The molecule has 0 aliphatic carbocycles. The summed E-state index contributed by atoms with van der Waals surface area (Å²) >= 11 is 0. The van der Waals surface area contributed by atoms with Gasteiger partial charge in [0.2, 0.25) is 0 Å². The maximum Gasteiger partial charge on any atom is 0.307 e. The Hall–Kier alpha value is -1.55. The van der Waals surface area contributed by atoms with Crippen LogP contribution in [0.25, 0.3) is 0 Å². The van der Waals surface area contributed by atoms with Crippen molar-refractivity contribution >= 4 is 5.97 Å². The summed E-state index contributed by atoms with van der Waals surface area (Å²) in [7, 11) is 0. The van der Waals surface area contributed by atoms with Gasteiger partial charge in [0.1, 0.15) is 5.75 Å². The van der Waals surface area contributed by atoms with Crippen LogP contribution >= 0.6 is 0 Å². The summed E-state index contributed by atoms with van der Waals surface area (Å²) in [5.74, 6) is 0.602. The van der Waals surface area contributed by atoms with Crippen molar-refractivity contribution in [2.45, 2.75) is 39.7 Å². The lowest BCUT2D eigenvalue weighted by molar-refractivity contribution is -0.144. The average molecular weight is 279 g/mol. The van der Waals surface area contributed by atoms with Gasteiger partial charge in [-0.05, 0) is 33.4 Å². The Morgan fingerprint density at radius 2 is 1.90 bits per heavy atom. The molecular formula is C16H25NO3. The molecule has 0 bridgehead atoms. The molecule has 4 heteroatoms. The summed E-state index contributed by atoms with van der Waals surface area (Å²) in [6, 6.07) is 7.82. The van der Waals surface area contributed by atoms with E-state index in [0.29, 0.717) is 13.2 Å². The van der Waals surface area contributed by atoms with Gasteiger partial charge in [-0.25, -0.2) is 0 Å². The monoisotopic (exact) mass is 279 g/mol. The van der Waals surface area contributed by atoms with Gasteiger partial charge in [0.15, 0.2) is 0 Å². The number of benzene rings is 1. The molecule has 1 rings (SSSR count). The zero-order valence-electron chi connectivity index (χ0n) is 12.9. The Labute approximate surface area is 121 Å². The zero-order chi connectivity index (χ0) is 15.0. The van der Waals surface area contributed by atoms with Crippen LogP contribution in [-0.4, -0.2) is 25.7 Å². The van der Waals surface area contributed by atoms with E-state index in [4.69, 9.17) is 9.47 Å². The number of esters is 1. The smallest absolute Gasteiger partial charge is 0.307 e. The van der Waals surface area contributed by atoms with Crippen molar-refractivity contribution < 1.29 is 14.3 Å². The molecule has 0 radical (unpaired) electrons. The Kier molecular flexibility index (Phi) is 6.52. The summed E-state index contributed by atoms with van der Waals surface area (Å²) in [6.45, 7) is 9.55. The number of carbonyl (C=O) groups excluding carboxylic acids is 1. The minimum Gasteiger partial charge on any atom is -0.494 e. The quantitative estimate of drug-likeness (QED) is 0.743. The number of hydrogen-bond acceptors (Lipinski definition) is 4. The number of ether oxygens (including phenoxy) is 2. The molecule has 0 amide bonds. The molecule has 0 fully saturated rings. The Balaban J connectivity index is 3.08. The molecule has 0 saturated heterocycles. The maximum atomic E-state index is 11.9. The second-order valence-electron chi connectivity index (χ2n) is 4.77. The molecule has 0 saturated carbocycles. The fourth-order valence-corrected chi connectivity index (χ4v) is 2.35. The van der Waals surface area contributed by atoms with E-state index in [2.05, 4.69) is 5.32 Å². The van der Waals surface area contributed by atoms with Crippen LogP contribution in [0.15, 0.2) is 24.3 Å². The number of para-hydroxylation sites is 1. The predicted molar refractivity (Wildman–Crippen MR) is 79.9 cm³/mol. The highest BCUT2D eigenvalue weighted by molar-refractivity contribution is 5.71. The van der Waals surface area contributed by atoms with Crippen molar-refractivity contribution in [1.82, 2.24) is 5.32 Å². The SMILES string of the molecule is CCNC(C)(CC(=O)OCC)c1ccccc1OCC. The zero-order valence-corrected chi connectivity index (χ0v) is 12.9. The molecule has 1 aromatic carbocycles. The first-order valence-corrected chi connectivity index (χ1v) is 7.20. The molecule has 0 heterocycles. The van der Waals surface area contributed by atoms with Gasteiger partial charge in [-0.2, -0.15) is 0 Å². The highest BCUT2D eigenvalue weighted by Gasteiger charge is 2.32. The van der Waals surface area contributed by atoms with Gasteiger partial charge in [0.05, 0.1) is 25.2 Å². The van der Waals surface area contributed by atoms with Crippen molar-refractivity contribution in [2.24, 2.45) is 0 Å². The van der Waals surface area contributed by atoms with Gasteiger partial charge in [0.25, 0.3) is 0 Å². The Morgan fingerprint density at radius 3 is 2.50 bits per heavy atom. The van der Waals surface area contributed by atoms with Gasteiger partial charge in [-0.1, -0.05) is 25.1 Å². The van der Waals surface area contributed by atoms with Gasteiger partial charge in [0, 0.05) is 5.56 Å². The average Bonchev–Trinajstić information content (AvgIpc) is 2.40. The minimum absolute atomic E-state index is 0.206. The van der Waals surface area contributed by atoms with Crippen LogP contribution in [-0.2, 0) is 15.1 Å². The maximum absolute atomic E-state index is 11.9. The van der Waals surface area contributed by atoms with Crippen LogP contribution in [0.2, 0.25) is 0 Å². The molecule has 1 N–H and O–H groups in total. The fraction of sp³-hybridized carbons (Fsp3) is 0.562. The topological polar surface area (TPSA) is 47.6 Å². The number of nitrogens with one attached hydrogen (secondary N) is 1. The second kappa shape index (κ2) is 7.90. The van der Waals surface area contributed by atoms with Crippen molar-refractivity contribution in [3.8, 4) is 5.75 Å². The first kappa shape index (κ1) is 16.5. The predicted octanol–water partition coefficient (Wildman–Crippen LogP) is 2.86. The Bertz CT molecular complexity index is 433. The van der Waals surface area contributed by atoms with E-state index in [1.54, 1.807) is 0 Å². The first-order chi connectivity index (χ1) is 9.57. The molecule has 1 atom stereocenters. The molecular weight excluding hydrogens is 254 g/mol. The van der Waals surface area contributed by atoms with Crippen LogP contribution in [0.1, 0.15) is 39.7 Å². The number of rotatable bonds is 8. The summed E-state index contributed by atoms with van der Waals surface area (Å²) in [5.41, 5.74) is 0.490. The van der Waals surface area contributed by atoms with Crippen molar-refractivity contribution in [2.75, 3.05) is 19.8 Å². The molecule has 112 valence electrons. The molecule has 0 aliphatic heterocycles. The molecule has 0 aliphatic rings. The van der Waals surface area contributed by atoms with Gasteiger partial charge in [-0.3, -0.25) is 4.79 Å². The van der Waals surface area contributed by atoms with Gasteiger partial charge < -0.3 is 14.8 Å². The summed E-state index contributed by atoms with van der Waals surface area (Å²) < 4.78 is 10.8. The van der Waals surface area contributed by atoms with Crippen molar-refractivity contribution in [3.63, 3.8) is 0 Å². The highest BCUT2D eigenvalue weighted by atomic mass is 16.5. The molecule has 1 unspecified atom stereocenters. The van der Waals surface area contributed by atoms with Gasteiger partial charge >= 0.3 is 5.97 Å². The largest absolute Gasteiger partial charge is 0.494 e. The van der Waals surface area contributed by atoms with E-state index in [-0.39, 0.29) is 12.4 Å². The summed E-state index contributed by atoms with van der Waals surface area (Å²) in [5, 5.41) is 3.38. The number of carbonyl (C=O) groups is 1. The van der Waals surface area contributed by atoms with Gasteiger partial charge in [-0.15, -0.1) is 0 Å². The molecule has 0 aromatic heterocycles. The Morgan fingerprint density at radius 1 is 1.20 bits per heavy atom. The minimum atomic E-state index is -0.493.